The van der Waals surface area contributed by atoms with E-state index in [1.54, 1.807) is 25.7 Å². The number of carbonyl (C=O) groups excluding carboxylic acids is 2. The molecule has 6 nitrogen and oxygen atoms in total. The van der Waals surface area contributed by atoms with Crippen molar-refractivity contribution in [1.82, 2.24) is 10.2 Å². The van der Waals surface area contributed by atoms with Crippen LogP contribution in [0.3, 0.4) is 0 Å². The number of nitrogens with zero attached hydrogens (tertiary/aromatic N) is 1. The molecule has 21 heavy (non-hydrogen) atoms. The van der Waals surface area contributed by atoms with Crippen molar-refractivity contribution in [2.45, 2.75) is 70.1 Å². The highest BCUT2D eigenvalue weighted by Gasteiger charge is 2.46. The lowest BCUT2D eigenvalue weighted by Gasteiger charge is -2.33. The minimum absolute atomic E-state index is 0.0811. The van der Waals surface area contributed by atoms with Crippen LogP contribution < -0.4 is 5.32 Å². The lowest BCUT2D eigenvalue weighted by molar-refractivity contribution is -0.137. The van der Waals surface area contributed by atoms with Crippen molar-refractivity contribution in [2.75, 3.05) is 13.1 Å². The molecule has 120 valence electrons. The first-order valence-electron chi connectivity index (χ1n) is 7.70. The van der Waals surface area contributed by atoms with Crippen LogP contribution in [0, 0.1) is 0 Å². The maximum Gasteiger partial charge on any atom is 0.408 e. The summed E-state index contributed by atoms with van der Waals surface area (Å²) in [6.45, 7) is 6.31. The maximum atomic E-state index is 12.8. The van der Waals surface area contributed by atoms with E-state index in [2.05, 4.69) is 5.32 Å². The lowest BCUT2D eigenvalue weighted by atomic mass is 9.96. The third-order valence-corrected chi connectivity index (χ3v) is 4.06. The van der Waals surface area contributed by atoms with E-state index in [4.69, 9.17) is 4.74 Å². The fourth-order valence-electron chi connectivity index (χ4n) is 3.10. The molecule has 1 aliphatic carbocycles. The molecule has 1 saturated heterocycles. The molecule has 0 aromatic carbocycles. The van der Waals surface area contributed by atoms with Gasteiger partial charge in [0.15, 0.2) is 0 Å². The number of aliphatic hydroxyl groups is 1. The second-order valence-corrected chi connectivity index (χ2v) is 7.11. The van der Waals surface area contributed by atoms with E-state index < -0.39 is 23.3 Å². The van der Waals surface area contributed by atoms with Crippen molar-refractivity contribution in [3.8, 4) is 0 Å². The Labute approximate surface area is 125 Å². The van der Waals surface area contributed by atoms with Crippen LogP contribution in [0.4, 0.5) is 4.79 Å². The van der Waals surface area contributed by atoms with Gasteiger partial charge in [-0.15, -0.1) is 0 Å². The number of hydrogen-bond donors (Lipinski definition) is 2. The van der Waals surface area contributed by atoms with Crippen LogP contribution in [-0.2, 0) is 9.53 Å². The summed E-state index contributed by atoms with van der Waals surface area (Å²) in [6.07, 6.45) is 2.71. The van der Waals surface area contributed by atoms with E-state index in [0.717, 1.165) is 12.8 Å². The molecule has 1 aliphatic heterocycles. The molecule has 1 heterocycles. The van der Waals surface area contributed by atoms with E-state index >= 15 is 0 Å². The number of likely N-dealkylation sites (tertiary alicyclic amines) is 1. The molecule has 0 spiro atoms. The van der Waals surface area contributed by atoms with Crippen molar-refractivity contribution in [3.05, 3.63) is 0 Å². The van der Waals surface area contributed by atoms with Crippen molar-refractivity contribution >= 4 is 12.0 Å². The number of carbonyl (C=O) groups is 2. The zero-order chi connectivity index (χ0) is 15.7. The summed E-state index contributed by atoms with van der Waals surface area (Å²) in [5.41, 5.74) is -1.44. The molecule has 0 aromatic rings. The van der Waals surface area contributed by atoms with Crippen LogP contribution in [0.15, 0.2) is 0 Å². The average molecular weight is 298 g/mol. The smallest absolute Gasteiger partial charge is 0.408 e. The van der Waals surface area contributed by atoms with Crippen molar-refractivity contribution in [1.29, 1.82) is 0 Å². The predicted molar refractivity (Wildman–Crippen MR) is 77.8 cm³/mol. The summed E-state index contributed by atoms with van der Waals surface area (Å²) >= 11 is 0. The minimum Gasteiger partial charge on any atom is -0.444 e. The van der Waals surface area contributed by atoms with E-state index in [-0.39, 0.29) is 5.91 Å². The summed E-state index contributed by atoms with van der Waals surface area (Å²) in [7, 11) is 0. The molecular weight excluding hydrogens is 272 g/mol. The Kier molecular flexibility index (Phi) is 4.46. The summed E-state index contributed by atoms with van der Waals surface area (Å²) in [5.74, 6) is -0.0811. The largest absolute Gasteiger partial charge is 0.444 e. The zero-order valence-electron chi connectivity index (χ0n) is 13.1. The van der Waals surface area contributed by atoms with E-state index in [1.165, 1.54) is 0 Å². The number of amides is 2. The molecule has 6 heteroatoms. The van der Waals surface area contributed by atoms with Crippen LogP contribution in [0.2, 0.25) is 0 Å². The first kappa shape index (κ1) is 16.1. The van der Waals surface area contributed by atoms with Gasteiger partial charge in [-0.3, -0.25) is 4.79 Å². The van der Waals surface area contributed by atoms with E-state index in [1.807, 2.05) is 0 Å². The Bertz CT molecular complexity index is 410. The fourth-order valence-corrected chi connectivity index (χ4v) is 3.10. The van der Waals surface area contributed by atoms with Crippen LogP contribution >= 0.6 is 0 Å². The highest BCUT2D eigenvalue weighted by molar-refractivity contribution is 5.90. The number of hydrogen-bond acceptors (Lipinski definition) is 4. The van der Waals surface area contributed by atoms with E-state index in [9.17, 15) is 14.7 Å². The molecule has 0 bridgehead atoms. The highest BCUT2D eigenvalue weighted by atomic mass is 16.6. The molecule has 1 saturated carbocycles. The van der Waals surface area contributed by atoms with Gasteiger partial charge < -0.3 is 20.1 Å². The van der Waals surface area contributed by atoms with Crippen LogP contribution in [-0.4, -0.2) is 52.3 Å². The number of nitrogens with one attached hydrogen (secondary N) is 1. The van der Waals surface area contributed by atoms with Gasteiger partial charge >= 0.3 is 6.09 Å². The standard InChI is InChI=1S/C15H26N2O4/c1-14(2,3)21-13(20)16-15(7-4-5-8-15)12(19)17-9-6-11(18)10-17/h11,18H,4-10H2,1-3H3,(H,16,20)/t11-/m1/s1. The average Bonchev–Trinajstić information content (AvgIpc) is 2.95. The summed E-state index contributed by atoms with van der Waals surface area (Å²) < 4.78 is 5.29. The summed E-state index contributed by atoms with van der Waals surface area (Å²) in [6, 6.07) is 0. The van der Waals surface area contributed by atoms with E-state index in [0.29, 0.717) is 32.4 Å². The lowest BCUT2D eigenvalue weighted by Crippen LogP contribution is -2.58. The number of β-amino-alcohol motifs (C(OH)–C–C–N with tert-alkyl or cyclic N) is 1. The van der Waals surface area contributed by atoms with Gasteiger partial charge in [-0.25, -0.2) is 4.79 Å². The molecule has 2 aliphatic rings. The van der Waals surface area contributed by atoms with Crippen molar-refractivity contribution < 1.29 is 19.4 Å². The first-order chi connectivity index (χ1) is 9.72. The molecule has 0 radical (unpaired) electrons. The molecule has 2 fully saturated rings. The normalized spacial score (nSPS) is 25.0. The fraction of sp³-hybridized carbons (Fsp3) is 0.867. The maximum absolute atomic E-state index is 12.8. The Morgan fingerprint density at radius 2 is 1.90 bits per heavy atom. The Morgan fingerprint density at radius 1 is 1.29 bits per heavy atom. The number of alkyl carbamates (subject to hydrolysis) is 1. The second-order valence-electron chi connectivity index (χ2n) is 7.11. The van der Waals surface area contributed by atoms with Gasteiger partial charge in [-0.05, 0) is 40.0 Å². The molecule has 0 aromatic heterocycles. The molecule has 0 unspecified atom stereocenters. The highest BCUT2D eigenvalue weighted by Crippen LogP contribution is 2.33. The third-order valence-electron chi connectivity index (χ3n) is 4.06. The summed E-state index contributed by atoms with van der Waals surface area (Å²) in [4.78, 5) is 26.5. The van der Waals surface area contributed by atoms with Gasteiger partial charge in [0.25, 0.3) is 0 Å². The molecule has 2 N–H and O–H groups in total. The predicted octanol–water partition coefficient (Wildman–Crippen LogP) is 1.42. The SMILES string of the molecule is CC(C)(C)OC(=O)NC1(C(=O)N2CC[C@@H](O)C2)CCCC1. The molecule has 2 rings (SSSR count). The number of rotatable bonds is 2. The Hall–Kier alpha value is -1.30. The van der Waals surface area contributed by atoms with Crippen LogP contribution in [0.1, 0.15) is 52.9 Å². The monoisotopic (exact) mass is 298 g/mol. The molecule has 2 amide bonds. The number of ether oxygens (including phenoxy) is 1. The minimum atomic E-state index is -0.855. The van der Waals surface area contributed by atoms with Crippen molar-refractivity contribution in [2.24, 2.45) is 0 Å². The van der Waals surface area contributed by atoms with Gasteiger partial charge in [0.1, 0.15) is 11.1 Å². The van der Waals surface area contributed by atoms with Gasteiger partial charge in [0.2, 0.25) is 5.91 Å². The van der Waals surface area contributed by atoms with Crippen LogP contribution in [0.5, 0.6) is 0 Å². The van der Waals surface area contributed by atoms with Crippen LogP contribution in [0.25, 0.3) is 0 Å². The number of aliphatic hydroxyl groups excluding tert-OH is 1. The second kappa shape index (κ2) is 5.83. The van der Waals surface area contributed by atoms with Gasteiger partial charge in [0.05, 0.1) is 6.10 Å². The molecular formula is C15H26N2O4. The van der Waals surface area contributed by atoms with Gasteiger partial charge in [-0.2, -0.15) is 0 Å². The van der Waals surface area contributed by atoms with Crippen molar-refractivity contribution in [3.63, 3.8) is 0 Å². The third kappa shape index (κ3) is 3.87. The summed E-state index contributed by atoms with van der Waals surface area (Å²) in [5, 5.41) is 12.4. The zero-order valence-corrected chi connectivity index (χ0v) is 13.1. The Morgan fingerprint density at radius 3 is 2.38 bits per heavy atom. The van der Waals surface area contributed by atoms with Gasteiger partial charge in [-0.1, -0.05) is 12.8 Å². The van der Waals surface area contributed by atoms with Gasteiger partial charge in [0, 0.05) is 13.1 Å². The quantitative estimate of drug-likeness (QED) is 0.808. The topological polar surface area (TPSA) is 78.9 Å². The Balaban J connectivity index is 2.06. The molecule has 1 atom stereocenters. The first-order valence-corrected chi connectivity index (χ1v) is 7.70.